The molecule has 7 heteroatoms. The molecular weight excluding hydrogens is 362 g/mol. The van der Waals surface area contributed by atoms with Gasteiger partial charge in [0, 0.05) is 5.75 Å². The number of hydrogen-bond acceptors (Lipinski definition) is 7. The van der Waals surface area contributed by atoms with E-state index in [0.29, 0.717) is 29.0 Å². The van der Waals surface area contributed by atoms with Crippen LogP contribution in [0.4, 0.5) is 0 Å². The predicted molar refractivity (Wildman–Crippen MR) is 102 cm³/mol. The highest BCUT2D eigenvalue weighted by atomic mass is 32.2. The molecule has 0 aliphatic heterocycles. The molecule has 3 rings (SSSR count). The second kappa shape index (κ2) is 9.10. The van der Waals surface area contributed by atoms with Gasteiger partial charge < -0.3 is 13.9 Å². The summed E-state index contributed by atoms with van der Waals surface area (Å²) in [5, 5.41) is 17.3. The Morgan fingerprint density at radius 2 is 1.89 bits per heavy atom. The number of aromatic nitrogens is 2. The van der Waals surface area contributed by atoms with Crippen LogP contribution in [0.5, 0.6) is 11.5 Å². The zero-order valence-electron chi connectivity index (χ0n) is 15.1. The van der Waals surface area contributed by atoms with Crippen molar-refractivity contribution in [2.24, 2.45) is 0 Å². The van der Waals surface area contributed by atoms with E-state index >= 15 is 0 Å². The molecule has 0 radical (unpaired) electrons. The number of nitriles is 1. The molecule has 0 spiro atoms. The third-order valence-corrected chi connectivity index (χ3v) is 4.49. The number of rotatable bonds is 8. The Labute approximate surface area is 162 Å². The average Bonchev–Trinajstić information content (AvgIpc) is 3.14. The van der Waals surface area contributed by atoms with E-state index in [9.17, 15) is 0 Å². The van der Waals surface area contributed by atoms with Gasteiger partial charge in [0.15, 0.2) is 6.61 Å². The van der Waals surface area contributed by atoms with Crippen LogP contribution in [0.25, 0.3) is 0 Å². The van der Waals surface area contributed by atoms with E-state index in [1.165, 1.54) is 11.8 Å². The van der Waals surface area contributed by atoms with Crippen molar-refractivity contribution < 1.29 is 13.9 Å². The molecule has 6 nitrogen and oxygen atoms in total. The van der Waals surface area contributed by atoms with E-state index in [1.54, 1.807) is 24.3 Å². The summed E-state index contributed by atoms with van der Waals surface area (Å²) >= 11 is 1.42. The Morgan fingerprint density at radius 1 is 1.07 bits per heavy atom. The lowest BCUT2D eigenvalue weighted by molar-refractivity contribution is 0.250. The van der Waals surface area contributed by atoms with Crippen molar-refractivity contribution in [2.75, 3.05) is 12.4 Å². The fraction of sp³-hybridized carbons (Fsp3) is 0.250. The van der Waals surface area contributed by atoms with Gasteiger partial charge in [0.05, 0.1) is 18.2 Å². The van der Waals surface area contributed by atoms with Gasteiger partial charge in [-0.25, -0.2) is 0 Å². The summed E-state index contributed by atoms with van der Waals surface area (Å²) in [5.41, 5.74) is 2.81. The van der Waals surface area contributed by atoms with Crippen LogP contribution in [-0.4, -0.2) is 22.6 Å². The number of hydrogen-bond donors (Lipinski definition) is 0. The highest BCUT2D eigenvalue weighted by molar-refractivity contribution is 7.99. The summed E-state index contributed by atoms with van der Waals surface area (Å²) < 4.78 is 17.0. The van der Waals surface area contributed by atoms with Crippen LogP contribution in [0.2, 0.25) is 0 Å². The van der Waals surface area contributed by atoms with Crippen molar-refractivity contribution in [1.82, 2.24) is 10.2 Å². The van der Waals surface area contributed by atoms with Crippen LogP contribution in [0.1, 0.15) is 22.6 Å². The molecule has 0 saturated carbocycles. The first kappa shape index (κ1) is 18.8. The first-order chi connectivity index (χ1) is 13.1. The minimum Gasteiger partial charge on any atom is -0.493 e. The van der Waals surface area contributed by atoms with Gasteiger partial charge in [0.2, 0.25) is 0 Å². The van der Waals surface area contributed by atoms with Crippen molar-refractivity contribution >= 4 is 11.8 Å². The minimum absolute atomic E-state index is 0.236. The SMILES string of the molecule is Cc1ccc(C)c(OCc2nnc(SCCOc3ccc(C#N)cc3)o2)c1. The minimum atomic E-state index is 0.236. The molecule has 0 unspecified atom stereocenters. The first-order valence-electron chi connectivity index (χ1n) is 8.42. The lowest BCUT2D eigenvalue weighted by Crippen LogP contribution is -2.00. The Hall–Kier alpha value is -2.98. The fourth-order valence-electron chi connectivity index (χ4n) is 2.27. The fourth-order valence-corrected chi connectivity index (χ4v) is 2.87. The number of ether oxygens (including phenoxy) is 2. The van der Waals surface area contributed by atoms with E-state index in [2.05, 4.69) is 16.3 Å². The van der Waals surface area contributed by atoms with Crippen LogP contribution in [0.3, 0.4) is 0 Å². The Balaban J connectivity index is 1.42. The van der Waals surface area contributed by atoms with Crippen molar-refractivity contribution in [3.63, 3.8) is 0 Å². The summed E-state index contributed by atoms with van der Waals surface area (Å²) in [7, 11) is 0. The van der Waals surface area contributed by atoms with Gasteiger partial charge in [-0.1, -0.05) is 23.9 Å². The number of aryl methyl sites for hydroxylation is 2. The molecule has 0 fully saturated rings. The summed E-state index contributed by atoms with van der Waals surface area (Å²) in [4.78, 5) is 0. The second-order valence-electron chi connectivity index (χ2n) is 5.85. The molecule has 27 heavy (non-hydrogen) atoms. The number of thioether (sulfide) groups is 1. The quantitative estimate of drug-likeness (QED) is 0.425. The molecule has 0 atom stereocenters. The monoisotopic (exact) mass is 381 g/mol. The number of benzene rings is 2. The second-order valence-corrected chi connectivity index (χ2v) is 6.90. The van der Waals surface area contributed by atoms with Crippen LogP contribution in [0, 0.1) is 25.2 Å². The van der Waals surface area contributed by atoms with E-state index in [-0.39, 0.29) is 6.61 Å². The van der Waals surface area contributed by atoms with Crippen LogP contribution < -0.4 is 9.47 Å². The summed E-state index contributed by atoms with van der Waals surface area (Å²) in [6.07, 6.45) is 0. The molecule has 0 aliphatic rings. The van der Waals surface area contributed by atoms with Crippen LogP contribution in [0.15, 0.2) is 52.1 Å². The molecule has 0 aliphatic carbocycles. The lowest BCUT2D eigenvalue weighted by Gasteiger charge is -2.07. The van der Waals surface area contributed by atoms with Gasteiger partial charge in [-0.2, -0.15) is 5.26 Å². The predicted octanol–water partition coefficient (Wildman–Crippen LogP) is 4.31. The molecule has 2 aromatic carbocycles. The number of nitrogens with zero attached hydrogens (tertiary/aromatic N) is 3. The van der Waals surface area contributed by atoms with E-state index in [0.717, 1.165) is 22.6 Å². The standard InChI is InChI=1S/C20H19N3O3S/c1-14-3-4-15(2)18(11-14)25-13-19-22-23-20(26-19)27-10-9-24-17-7-5-16(12-21)6-8-17/h3-8,11H,9-10,13H2,1-2H3. The maximum Gasteiger partial charge on any atom is 0.276 e. The third kappa shape index (κ3) is 5.50. The molecule has 1 heterocycles. The van der Waals surface area contributed by atoms with Gasteiger partial charge in [-0.3, -0.25) is 0 Å². The molecular formula is C20H19N3O3S. The third-order valence-electron chi connectivity index (χ3n) is 3.70. The van der Waals surface area contributed by atoms with Crippen molar-refractivity contribution in [2.45, 2.75) is 25.7 Å². The Bertz CT molecular complexity index is 932. The Morgan fingerprint density at radius 3 is 2.67 bits per heavy atom. The van der Waals surface area contributed by atoms with Gasteiger partial charge >= 0.3 is 0 Å². The molecule has 138 valence electrons. The summed E-state index contributed by atoms with van der Waals surface area (Å²) in [6.45, 7) is 4.75. The van der Waals surface area contributed by atoms with Gasteiger partial charge in [0.25, 0.3) is 11.1 Å². The van der Waals surface area contributed by atoms with E-state index < -0.39 is 0 Å². The molecule has 0 bridgehead atoms. The normalized spacial score (nSPS) is 10.4. The van der Waals surface area contributed by atoms with E-state index in [1.807, 2.05) is 32.0 Å². The molecule has 1 aromatic heterocycles. The zero-order valence-corrected chi connectivity index (χ0v) is 16.0. The zero-order chi connectivity index (χ0) is 19.1. The smallest absolute Gasteiger partial charge is 0.276 e. The van der Waals surface area contributed by atoms with Gasteiger partial charge in [-0.15, -0.1) is 10.2 Å². The maximum atomic E-state index is 8.77. The van der Waals surface area contributed by atoms with Gasteiger partial charge in [0.1, 0.15) is 11.5 Å². The largest absolute Gasteiger partial charge is 0.493 e. The van der Waals surface area contributed by atoms with Crippen molar-refractivity contribution in [3.05, 3.63) is 65.0 Å². The van der Waals surface area contributed by atoms with Gasteiger partial charge in [-0.05, 0) is 55.3 Å². The highest BCUT2D eigenvalue weighted by Gasteiger charge is 2.09. The highest BCUT2D eigenvalue weighted by Crippen LogP contribution is 2.21. The van der Waals surface area contributed by atoms with Crippen LogP contribution >= 0.6 is 11.8 Å². The molecule has 0 saturated heterocycles. The molecule has 0 amide bonds. The maximum absolute atomic E-state index is 8.77. The molecule has 0 N–H and O–H groups in total. The van der Waals surface area contributed by atoms with Crippen molar-refractivity contribution in [1.29, 1.82) is 5.26 Å². The van der Waals surface area contributed by atoms with E-state index in [4.69, 9.17) is 19.2 Å². The average molecular weight is 381 g/mol. The lowest BCUT2D eigenvalue weighted by atomic mass is 10.1. The Kier molecular flexibility index (Phi) is 6.34. The topological polar surface area (TPSA) is 81.2 Å². The van der Waals surface area contributed by atoms with Crippen molar-refractivity contribution in [3.8, 4) is 17.6 Å². The first-order valence-corrected chi connectivity index (χ1v) is 9.41. The summed E-state index contributed by atoms with van der Waals surface area (Å²) in [5.74, 6) is 2.65. The summed E-state index contributed by atoms with van der Waals surface area (Å²) in [6, 6.07) is 15.1. The molecule has 3 aromatic rings. The van der Waals surface area contributed by atoms with Crippen LogP contribution in [-0.2, 0) is 6.61 Å².